The van der Waals surface area contributed by atoms with E-state index in [-0.39, 0.29) is 37.2 Å². The minimum atomic E-state index is -0.395. The topological polar surface area (TPSA) is 52.6 Å². The molecule has 2 N–H and O–H groups in total. The first-order chi connectivity index (χ1) is 7.25. The molecule has 1 heterocycles. The SMILES string of the molecule is CC1(C)CC(NC(=O)C2CC2)C(C)(C)N1O.[Cl-].[H+]. The van der Waals surface area contributed by atoms with E-state index in [4.69, 9.17) is 0 Å². The quantitative estimate of drug-likeness (QED) is 0.647. The van der Waals surface area contributed by atoms with E-state index < -0.39 is 5.54 Å². The maximum atomic E-state index is 11.8. The smallest absolute Gasteiger partial charge is 1.00 e. The molecule has 1 atom stereocenters. The zero-order chi connectivity index (χ0) is 12.1. The van der Waals surface area contributed by atoms with Gasteiger partial charge in [0.1, 0.15) is 0 Å². The Morgan fingerprint density at radius 1 is 1.35 bits per heavy atom. The Hall–Kier alpha value is -0.320. The maximum absolute atomic E-state index is 11.8. The molecule has 4 nitrogen and oxygen atoms in total. The highest BCUT2D eigenvalue weighted by molar-refractivity contribution is 5.81. The molecule has 2 fully saturated rings. The Bertz CT molecular complexity index is 319. The molecule has 5 heteroatoms. The zero-order valence-electron chi connectivity index (χ0n) is 12.0. The standard InChI is InChI=1S/C12H22N2O2.ClH/c1-11(2)7-9(12(3,4)14(11)16)13-10(15)8-5-6-8;/h8-9,16H,5-7H2,1-4H3,(H,13,15);1H. The molecule has 2 rings (SSSR count). The summed E-state index contributed by atoms with van der Waals surface area (Å²) >= 11 is 0. The van der Waals surface area contributed by atoms with Crippen LogP contribution in [0.25, 0.3) is 0 Å². The molecule has 100 valence electrons. The van der Waals surface area contributed by atoms with Crippen molar-refractivity contribution in [1.29, 1.82) is 0 Å². The van der Waals surface area contributed by atoms with Crippen LogP contribution in [-0.4, -0.2) is 33.3 Å². The van der Waals surface area contributed by atoms with Crippen LogP contribution in [0.1, 0.15) is 48.4 Å². The van der Waals surface area contributed by atoms with Gasteiger partial charge in [0.05, 0.1) is 11.6 Å². The fourth-order valence-corrected chi connectivity index (χ4v) is 2.63. The highest BCUT2D eigenvalue weighted by atomic mass is 35.5. The van der Waals surface area contributed by atoms with Crippen molar-refractivity contribution >= 4 is 5.91 Å². The summed E-state index contributed by atoms with van der Waals surface area (Å²) in [6.07, 6.45) is 2.82. The third kappa shape index (κ3) is 2.59. The number of rotatable bonds is 2. The Balaban J connectivity index is 0.00000144. The minimum absolute atomic E-state index is 0. The lowest BCUT2D eigenvalue weighted by Gasteiger charge is -2.35. The molecule has 1 aliphatic carbocycles. The van der Waals surface area contributed by atoms with Crippen molar-refractivity contribution < 1.29 is 23.8 Å². The molecule has 0 aromatic rings. The predicted molar refractivity (Wildman–Crippen MR) is 62.2 cm³/mol. The number of amides is 1. The van der Waals surface area contributed by atoms with E-state index in [1.165, 1.54) is 5.06 Å². The van der Waals surface area contributed by atoms with Crippen LogP contribution in [0.15, 0.2) is 0 Å². The summed E-state index contributed by atoms with van der Waals surface area (Å²) in [6.45, 7) is 7.94. The second-order valence-electron chi connectivity index (χ2n) is 6.32. The molecule has 1 saturated heterocycles. The highest BCUT2D eigenvalue weighted by Crippen LogP contribution is 2.39. The van der Waals surface area contributed by atoms with Crippen LogP contribution in [0.3, 0.4) is 0 Å². The number of halogens is 1. The minimum Gasteiger partial charge on any atom is -1.00 e. The van der Waals surface area contributed by atoms with E-state index in [2.05, 4.69) is 5.32 Å². The fraction of sp³-hybridized carbons (Fsp3) is 0.917. The van der Waals surface area contributed by atoms with Gasteiger partial charge in [0.25, 0.3) is 0 Å². The molecule has 1 aliphatic heterocycles. The monoisotopic (exact) mass is 262 g/mol. The molecule has 0 bridgehead atoms. The zero-order valence-corrected chi connectivity index (χ0v) is 11.7. The Labute approximate surface area is 111 Å². The van der Waals surface area contributed by atoms with Gasteiger partial charge in [0.15, 0.2) is 0 Å². The first-order valence-corrected chi connectivity index (χ1v) is 6.05. The summed E-state index contributed by atoms with van der Waals surface area (Å²) in [6, 6.07) is 0.0283. The average Bonchev–Trinajstić information content (AvgIpc) is 2.95. The number of hydroxylamine groups is 2. The summed E-state index contributed by atoms with van der Waals surface area (Å²) in [5, 5.41) is 14.6. The molecule has 0 spiro atoms. The van der Waals surface area contributed by atoms with Crippen LogP contribution in [0, 0.1) is 5.92 Å². The Morgan fingerprint density at radius 2 is 1.88 bits per heavy atom. The van der Waals surface area contributed by atoms with Gasteiger partial charge in [0.2, 0.25) is 5.91 Å². The summed E-state index contributed by atoms with van der Waals surface area (Å²) in [4.78, 5) is 11.8. The van der Waals surface area contributed by atoms with Crippen molar-refractivity contribution in [3.05, 3.63) is 0 Å². The molecule has 0 aromatic heterocycles. The molecule has 0 radical (unpaired) electrons. The molecule has 1 amide bonds. The molecular formula is C12H23ClN2O2. The molecular weight excluding hydrogens is 240 g/mol. The van der Waals surface area contributed by atoms with Crippen LogP contribution in [0.5, 0.6) is 0 Å². The molecule has 17 heavy (non-hydrogen) atoms. The second kappa shape index (κ2) is 4.41. The third-order valence-electron chi connectivity index (χ3n) is 3.94. The van der Waals surface area contributed by atoms with E-state index in [9.17, 15) is 10.0 Å². The van der Waals surface area contributed by atoms with Crippen LogP contribution >= 0.6 is 0 Å². The third-order valence-corrected chi connectivity index (χ3v) is 3.94. The number of nitrogens with zero attached hydrogens (tertiary/aromatic N) is 1. The summed E-state index contributed by atoms with van der Waals surface area (Å²) in [7, 11) is 0. The van der Waals surface area contributed by atoms with Gasteiger partial charge in [-0.2, -0.15) is 5.06 Å². The van der Waals surface area contributed by atoms with E-state index in [1.54, 1.807) is 0 Å². The Morgan fingerprint density at radius 3 is 2.24 bits per heavy atom. The average molecular weight is 263 g/mol. The lowest BCUT2D eigenvalue weighted by molar-refractivity contribution is -0.194. The van der Waals surface area contributed by atoms with E-state index in [0.717, 1.165) is 19.3 Å². The summed E-state index contributed by atoms with van der Waals surface area (Å²) < 4.78 is 0. The molecule has 2 aliphatic rings. The van der Waals surface area contributed by atoms with Gasteiger partial charge in [-0.1, -0.05) is 0 Å². The van der Waals surface area contributed by atoms with Crippen molar-refractivity contribution in [2.75, 3.05) is 0 Å². The van der Waals surface area contributed by atoms with Gasteiger partial charge >= 0.3 is 1.43 Å². The van der Waals surface area contributed by atoms with Crippen LogP contribution < -0.4 is 17.7 Å². The number of hydrogen-bond acceptors (Lipinski definition) is 3. The number of carbonyl (C=O) groups excluding carboxylic acids is 1. The Kier molecular flexibility index (Phi) is 3.82. The number of nitrogens with one attached hydrogen (secondary N) is 1. The first kappa shape index (κ1) is 14.7. The normalized spacial score (nSPS) is 30.8. The van der Waals surface area contributed by atoms with Crippen LogP contribution in [-0.2, 0) is 4.79 Å². The van der Waals surface area contributed by atoms with Crippen molar-refractivity contribution in [1.82, 2.24) is 10.4 Å². The van der Waals surface area contributed by atoms with Crippen molar-refractivity contribution in [2.45, 2.75) is 64.1 Å². The summed E-state index contributed by atoms with van der Waals surface area (Å²) in [5.74, 6) is 0.385. The van der Waals surface area contributed by atoms with Crippen LogP contribution in [0.2, 0.25) is 0 Å². The van der Waals surface area contributed by atoms with Gasteiger partial charge in [-0.25, -0.2) is 0 Å². The van der Waals surface area contributed by atoms with E-state index in [1.807, 2.05) is 27.7 Å². The molecule has 0 aromatic carbocycles. The fourth-order valence-electron chi connectivity index (χ4n) is 2.63. The second-order valence-corrected chi connectivity index (χ2v) is 6.32. The van der Waals surface area contributed by atoms with Gasteiger partial charge in [-0.3, -0.25) is 4.79 Å². The highest BCUT2D eigenvalue weighted by Gasteiger charge is 2.52. The van der Waals surface area contributed by atoms with Gasteiger partial charge < -0.3 is 22.9 Å². The lowest BCUT2D eigenvalue weighted by Crippen LogP contribution is -3.00. The predicted octanol–water partition coefficient (Wildman–Crippen LogP) is -1.35. The van der Waals surface area contributed by atoms with Gasteiger partial charge in [-0.15, -0.1) is 0 Å². The van der Waals surface area contributed by atoms with Crippen molar-refractivity contribution in [3.63, 3.8) is 0 Å². The number of hydrogen-bond donors (Lipinski definition) is 2. The molecule has 1 saturated carbocycles. The van der Waals surface area contributed by atoms with E-state index in [0.29, 0.717) is 0 Å². The van der Waals surface area contributed by atoms with Gasteiger partial charge in [0, 0.05) is 11.5 Å². The van der Waals surface area contributed by atoms with Crippen molar-refractivity contribution in [2.24, 2.45) is 5.92 Å². The van der Waals surface area contributed by atoms with Crippen molar-refractivity contribution in [3.8, 4) is 0 Å². The first-order valence-electron chi connectivity index (χ1n) is 6.05. The largest absolute Gasteiger partial charge is 1.00 e. The van der Waals surface area contributed by atoms with Gasteiger partial charge in [-0.05, 0) is 47.0 Å². The maximum Gasteiger partial charge on any atom is 1.00 e. The molecule has 1 unspecified atom stereocenters. The number of carbonyl (C=O) groups is 1. The van der Waals surface area contributed by atoms with E-state index >= 15 is 0 Å². The lowest BCUT2D eigenvalue weighted by atomic mass is 9.94. The van der Waals surface area contributed by atoms with Crippen LogP contribution in [0.4, 0.5) is 0 Å². The summed E-state index contributed by atoms with van der Waals surface area (Å²) in [5.41, 5.74) is -0.668.